The molecule has 2 aliphatic rings. The van der Waals surface area contributed by atoms with E-state index in [1.165, 1.54) is 30.5 Å². The number of rotatable bonds is 10. The molecule has 0 unspecified atom stereocenters. The fraction of sp³-hybridized carbons (Fsp3) is 0.364. The fourth-order valence-electron chi connectivity index (χ4n) is 5.37. The van der Waals surface area contributed by atoms with Crippen molar-refractivity contribution in [3.63, 3.8) is 0 Å². The first-order valence-corrected chi connectivity index (χ1v) is 14.6. The number of hydrogen-bond acceptors (Lipinski definition) is 6. The number of para-hydroxylation sites is 1. The number of carbonyl (C=O) groups excluding carboxylic acids is 2. The van der Waals surface area contributed by atoms with Crippen LogP contribution in [0, 0.1) is 0 Å². The van der Waals surface area contributed by atoms with E-state index in [0.717, 1.165) is 51.1 Å². The predicted molar refractivity (Wildman–Crippen MR) is 162 cm³/mol. The van der Waals surface area contributed by atoms with Crippen LogP contribution in [0.1, 0.15) is 53.6 Å². The lowest BCUT2D eigenvalue weighted by Crippen LogP contribution is -2.45. The molecule has 0 spiro atoms. The second kappa shape index (κ2) is 14.5. The van der Waals surface area contributed by atoms with Gasteiger partial charge in [0.15, 0.2) is 6.61 Å². The Labute approximate surface area is 242 Å². The fourth-order valence-corrected chi connectivity index (χ4v) is 5.37. The molecule has 8 nitrogen and oxygen atoms in total. The first-order valence-electron chi connectivity index (χ1n) is 14.6. The standard InChI is InChI=1S/C33H39N5O3/c39-32(35-29-7-3-1-4-8-29)25-41-31-17-13-26(14-18-31)23-34-36-33(40)28-15-11-27(12-16-28)24-37-19-21-38(22-20-37)30-9-5-2-6-10-30/h2,5-6,9-18,23,29H,1,3-4,7-8,19-22,24-25H2,(H,35,39)(H,36,40)/b34-23-. The molecular formula is C33H39N5O3. The average molecular weight is 554 g/mol. The highest BCUT2D eigenvalue weighted by Gasteiger charge is 2.18. The van der Waals surface area contributed by atoms with Crippen LogP contribution in [0.15, 0.2) is 84.0 Å². The van der Waals surface area contributed by atoms with Crippen LogP contribution in [0.3, 0.4) is 0 Å². The van der Waals surface area contributed by atoms with Crippen molar-refractivity contribution in [3.05, 3.63) is 95.6 Å². The molecular weight excluding hydrogens is 514 g/mol. The average Bonchev–Trinajstić information content (AvgIpc) is 3.02. The van der Waals surface area contributed by atoms with E-state index in [2.05, 4.69) is 49.9 Å². The third-order valence-corrected chi connectivity index (χ3v) is 7.72. The highest BCUT2D eigenvalue weighted by molar-refractivity contribution is 5.94. The van der Waals surface area contributed by atoms with Gasteiger partial charge in [-0.2, -0.15) is 5.10 Å². The van der Waals surface area contributed by atoms with E-state index < -0.39 is 0 Å². The summed E-state index contributed by atoms with van der Waals surface area (Å²) in [7, 11) is 0. The monoisotopic (exact) mass is 553 g/mol. The number of piperazine rings is 1. The van der Waals surface area contributed by atoms with Gasteiger partial charge >= 0.3 is 0 Å². The Morgan fingerprint density at radius 2 is 1.56 bits per heavy atom. The highest BCUT2D eigenvalue weighted by Crippen LogP contribution is 2.18. The molecule has 214 valence electrons. The predicted octanol–water partition coefficient (Wildman–Crippen LogP) is 4.60. The molecule has 1 heterocycles. The molecule has 1 saturated heterocycles. The van der Waals surface area contributed by atoms with E-state index >= 15 is 0 Å². The summed E-state index contributed by atoms with van der Waals surface area (Å²) in [5.74, 6) is 0.274. The molecule has 41 heavy (non-hydrogen) atoms. The van der Waals surface area contributed by atoms with Gasteiger partial charge in [0.2, 0.25) is 0 Å². The molecule has 1 saturated carbocycles. The van der Waals surface area contributed by atoms with Gasteiger partial charge in [0.05, 0.1) is 6.21 Å². The van der Waals surface area contributed by atoms with Gasteiger partial charge in [0.25, 0.3) is 11.8 Å². The summed E-state index contributed by atoms with van der Waals surface area (Å²) in [5, 5.41) is 7.14. The second-order valence-corrected chi connectivity index (χ2v) is 10.8. The van der Waals surface area contributed by atoms with Crippen molar-refractivity contribution in [2.45, 2.75) is 44.7 Å². The minimum Gasteiger partial charge on any atom is -0.484 e. The second-order valence-electron chi connectivity index (χ2n) is 10.8. The Hall–Kier alpha value is -4.17. The van der Waals surface area contributed by atoms with Gasteiger partial charge in [0.1, 0.15) is 5.75 Å². The van der Waals surface area contributed by atoms with Crippen molar-refractivity contribution in [1.29, 1.82) is 0 Å². The number of anilines is 1. The first kappa shape index (κ1) is 28.4. The van der Waals surface area contributed by atoms with Gasteiger partial charge < -0.3 is 15.0 Å². The number of benzene rings is 3. The van der Waals surface area contributed by atoms with Crippen molar-refractivity contribution in [2.75, 3.05) is 37.7 Å². The maximum Gasteiger partial charge on any atom is 0.271 e. The minimum absolute atomic E-state index is 0.00365. The van der Waals surface area contributed by atoms with Gasteiger partial charge in [-0.15, -0.1) is 0 Å². The van der Waals surface area contributed by atoms with Crippen LogP contribution in [-0.4, -0.2) is 61.8 Å². The molecule has 2 fully saturated rings. The smallest absolute Gasteiger partial charge is 0.271 e. The molecule has 0 radical (unpaired) electrons. The number of nitrogens with zero attached hydrogens (tertiary/aromatic N) is 3. The first-order chi connectivity index (χ1) is 20.1. The lowest BCUT2D eigenvalue weighted by Gasteiger charge is -2.36. The molecule has 3 aromatic rings. The van der Waals surface area contributed by atoms with Gasteiger partial charge in [-0.05, 0) is 72.5 Å². The van der Waals surface area contributed by atoms with Crippen molar-refractivity contribution >= 4 is 23.7 Å². The van der Waals surface area contributed by atoms with E-state index in [1.807, 2.05) is 42.5 Å². The lowest BCUT2D eigenvalue weighted by atomic mass is 9.95. The Morgan fingerprint density at radius 1 is 0.854 bits per heavy atom. The summed E-state index contributed by atoms with van der Waals surface area (Å²) < 4.78 is 5.61. The molecule has 0 aromatic heterocycles. The lowest BCUT2D eigenvalue weighted by molar-refractivity contribution is -0.124. The summed E-state index contributed by atoms with van der Waals surface area (Å²) in [6.07, 6.45) is 7.29. The highest BCUT2D eigenvalue weighted by atomic mass is 16.5. The molecule has 2 N–H and O–H groups in total. The summed E-state index contributed by atoms with van der Waals surface area (Å²) in [6.45, 7) is 4.91. The molecule has 8 heteroatoms. The molecule has 5 rings (SSSR count). The Morgan fingerprint density at radius 3 is 2.27 bits per heavy atom. The number of hydrazone groups is 1. The topological polar surface area (TPSA) is 86.3 Å². The third kappa shape index (κ3) is 8.66. The molecule has 1 aliphatic heterocycles. The summed E-state index contributed by atoms with van der Waals surface area (Å²) in [6, 6.07) is 25.8. The van der Waals surface area contributed by atoms with Gasteiger partial charge in [-0.3, -0.25) is 14.5 Å². The summed E-state index contributed by atoms with van der Waals surface area (Å²) in [4.78, 5) is 29.6. The van der Waals surface area contributed by atoms with Crippen LogP contribution in [-0.2, 0) is 11.3 Å². The quantitative estimate of drug-likeness (QED) is 0.283. The Kier molecular flexibility index (Phi) is 10.0. The van der Waals surface area contributed by atoms with Crippen LogP contribution in [0.25, 0.3) is 0 Å². The van der Waals surface area contributed by atoms with Crippen molar-refractivity contribution in [3.8, 4) is 5.75 Å². The molecule has 2 amide bonds. The van der Waals surface area contributed by atoms with E-state index in [4.69, 9.17) is 4.74 Å². The van der Waals surface area contributed by atoms with Crippen LogP contribution in [0.4, 0.5) is 5.69 Å². The van der Waals surface area contributed by atoms with Gasteiger partial charge in [-0.25, -0.2) is 5.43 Å². The van der Waals surface area contributed by atoms with Crippen LogP contribution < -0.4 is 20.4 Å². The van der Waals surface area contributed by atoms with Crippen molar-refractivity contribution in [1.82, 2.24) is 15.6 Å². The Balaban J connectivity index is 1.01. The minimum atomic E-state index is -0.256. The van der Waals surface area contributed by atoms with Crippen LogP contribution in [0.5, 0.6) is 5.75 Å². The molecule has 3 aromatic carbocycles. The summed E-state index contributed by atoms with van der Waals surface area (Å²) in [5.41, 5.74) is 6.44. The molecule has 0 atom stereocenters. The van der Waals surface area contributed by atoms with Crippen LogP contribution in [0.2, 0.25) is 0 Å². The van der Waals surface area contributed by atoms with Gasteiger partial charge in [0, 0.05) is 50.0 Å². The van der Waals surface area contributed by atoms with E-state index in [-0.39, 0.29) is 24.5 Å². The Bertz CT molecular complexity index is 1280. The van der Waals surface area contributed by atoms with E-state index in [1.54, 1.807) is 18.3 Å². The number of amides is 2. The molecule has 0 bridgehead atoms. The van der Waals surface area contributed by atoms with E-state index in [9.17, 15) is 9.59 Å². The third-order valence-electron chi connectivity index (χ3n) is 7.72. The maximum atomic E-state index is 12.6. The van der Waals surface area contributed by atoms with Gasteiger partial charge in [-0.1, -0.05) is 49.6 Å². The normalized spacial score (nSPS) is 16.4. The summed E-state index contributed by atoms with van der Waals surface area (Å²) >= 11 is 0. The zero-order chi connectivity index (χ0) is 28.3. The zero-order valence-corrected chi connectivity index (χ0v) is 23.5. The number of nitrogens with one attached hydrogen (secondary N) is 2. The zero-order valence-electron chi connectivity index (χ0n) is 23.5. The molecule has 1 aliphatic carbocycles. The van der Waals surface area contributed by atoms with Crippen molar-refractivity contribution < 1.29 is 14.3 Å². The largest absolute Gasteiger partial charge is 0.484 e. The maximum absolute atomic E-state index is 12.6. The number of hydrogen-bond donors (Lipinski definition) is 2. The van der Waals surface area contributed by atoms with E-state index in [0.29, 0.717) is 11.3 Å². The SMILES string of the molecule is O=C(COc1ccc(/C=N\NC(=O)c2ccc(CN3CCN(c4ccccc4)CC3)cc2)cc1)NC1CCCCC1. The number of carbonyl (C=O) groups is 2. The van der Waals surface area contributed by atoms with Crippen molar-refractivity contribution in [2.24, 2.45) is 5.10 Å². The number of ether oxygens (including phenoxy) is 1. The van der Waals surface area contributed by atoms with Crippen LogP contribution >= 0.6 is 0 Å².